The van der Waals surface area contributed by atoms with E-state index in [4.69, 9.17) is 9.47 Å². The van der Waals surface area contributed by atoms with Gasteiger partial charge in [0.25, 0.3) is 0 Å². The number of hydrogen-bond acceptors (Lipinski definition) is 3. The summed E-state index contributed by atoms with van der Waals surface area (Å²) in [6.45, 7) is 2.38. The highest BCUT2D eigenvalue weighted by Crippen LogP contribution is 2.36. The highest BCUT2D eigenvalue weighted by Gasteiger charge is 2.19. The molecule has 0 saturated heterocycles. The van der Waals surface area contributed by atoms with Gasteiger partial charge in [-0.1, -0.05) is 13.0 Å². The molecule has 1 aliphatic rings. The van der Waals surface area contributed by atoms with Gasteiger partial charge in [0.1, 0.15) is 0 Å². The van der Waals surface area contributed by atoms with Crippen LogP contribution in [-0.2, 0) is 4.79 Å². The lowest BCUT2D eigenvalue weighted by Crippen LogP contribution is -2.23. The molecule has 18 heavy (non-hydrogen) atoms. The molecular formula is C14H19NO3. The topological polar surface area (TPSA) is 38.8 Å². The highest BCUT2D eigenvalue weighted by atomic mass is 16.7. The summed E-state index contributed by atoms with van der Waals surface area (Å²) in [7, 11) is 3.57. The molecular weight excluding hydrogens is 230 g/mol. The number of amides is 1. The molecule has 4 nitrogen and oxygen atoms in total. The largest absolute Gasteiger partial charge is 0.454 e. The normalized spacial score (nSPS) is 14.4. The number of rotatable bonds is 4. The second-order valence-corrected chi connectivity index (χ2v) is 4.71. The van der Waals surface area contributed by atoms with Crippen LogP contribution in [0.3, 0.4) is 0 Å². The number of ether oxygens (including phenoxy) is 2. The number of carbonyl (C=O) groups is 1. The Morgan fingerprint density at radius 3 is 2.72 bits per heavy atom. The molecule has 0 aliphatic carbocycles. The monoisotopic (exact) mass is 249 g/mol. The first-order chi connectivity index (χ1) is 8.61. The second-order valence-electron chi connectivity index (χ2n) is 4.71. The molecule has 1 heterocycles. The van der Waals surface area contributed by atoms with E-state index in [-0.39, 0.29) is 18.6 Å². The predicted octanol–water partition coefficient (Wildman–Crippen LogP) is 2.39. The van der Waals surface area contributed by atoms with E-state index in [2.05, 4.69) is 6.92 Å². The molecule has 0 bridgehead atoms. The van der Waals surface area contributed by atoms with E-state index in [0.29, 0.717) is 6.42 Å². The Morgan fingerprint density at radius 1 is 1.33 bits per heavy atom. The second kappa shape index (κ2) is 5.29. The summed E-state index contributed by atoms with van der Waals surface area (Å²) in [6, 6.07) is 5.92. The van der Waals surface area contributed by atoms with Crippen LogP contribution in [0.2, 0.25) is 0 Å². The van der Waals surface area contributed by atoms with Gasteiger partial charge in [-0.3, -0.25) is 4.79 Å². The van der Waals surface area contributed by atoms with E-state index in [0.717, 1.165) is 23.5 Å². The molecule has 0 N–H and O–H groups in total. The Hall–Kier alpha value is -1.71. The van der Waals surface area contributed by atoms with Gasteiger partial charge >= 0.3 is 0 Å². The van der Waals surface area contributed by atoms with E-state index in [1.807, 2.05) is 18.2 Å². The molecule has 0 radical (unpaired) electrons. The van der Waals surface area contributed by atoms with Crippen LogP contribution in [0.1, 0.15) is 31.2 Å². The zero-order valence-electron chi connectivity index (χ0n) is 11.1. The van der Waals surface area contributed by atoms with E-state index < -0.39 is 0 Å². The van der Waals surface area contributed by atoms with Crippen LogP contribution >= 0.6 is 0 Å². The van der Waals surface area contributed by atoms with E-state index in [1.165, 1.54) is 0 Å². The van der Waals surface area contributed by atoms with Gasteiger partial charge in [0.2, 0.25) is 12.7 Å². The van der Waals surface area contributed by atoms with E-state index in [9.17, 15) is 4.79 Å². The van der Waals surface area contributed by atoms with Crippen LogP contribution < -0.4 is 9.47 Å². The van der Waals surface area contributed by atoms with Crippen molar-refractivity contribution in [3.8, 4) is 11.5 Å². The molecule has 2 rings (SSSR count). The van der Waals surface area contributed by atoms with Crippen molar-refractivity contribution in [1.82, 2.24) is 4.90 Å². The highest BCUT2D eigenvalue weighted by molar-refractivity contribution is 5.76. The van der Waals surface area contributed by atoms with Gasteiger partial charge < -0.3 is 14.4 Å². The molecule has 0 spiro atoms. The van der Waals surface area contributed by atoms with Crippen molar-refractivity contribution in [2.75, 3.05) is 20.9 Å². The first-order valence-electron chi connectivity index (χ1n) is 6.21. The smallest absolute Gasteiger partial charge is 0.231 e. The summed E-state index contributed by atoms with van der Waals surface area (Å²) in [5.41, 5.74) is 1.14. The lowest BCUT2D eigenvalue weighted by molar-refractivity contribution is -0.129. The van der Waals surface area contributed by atoms with Crippen molar-refractivity contribution >= 4 is 5.91 Å². The van der Waals surface area contributed by atoms with Gasteiger partial charge in [-0.15, -0.1) is 0 Å². The molecule has 1 unspecified atom stereocenters. The van der Waals surface area contributed by atoms with Crippen LogP contribution in [0.4, 0.5) is 0 Å². The Labute approximate surface area is 107 Å². The molecule has 0 aromatic heterocycles. The minimum Gasteiger partial charge on any atom is -0.454 e. The SMILES string of the molecule is CCC(CC(=O)N(C)C)c1ccc2c(c1)OCO2. The lowest BCUT2D eigenvalue weighted by atomic mass is 9.92. The molecule has 1 aromatic rings. The Morgan fingerprint density at radius 2 is 2.06 bits per heavy atom. The number of fused-ring (bicyclic) bond motifs is 1. The maximum absolute atomic E-state index is 11.8. The van der Waals surface area contributed by atoms with Crippen LogP contribution in [0, 0.1) is 0 Å². The summed E-state index contributed by atoms with van der Waals surface area (Å²) in [4.78, 5) is 13.4. The van der Waals surface area contributed by atoms with Gasteiger partial charge in [-0.05, 0) is 30.0 Å². The molecule has 1 amide bonds. The summed E-state index contributed by atoms with van der Waals surface area (Å²) in [6.07, 6.45) is 1.46. The van der Waals surface area contributed by atoms with Gasteiger partial charge in [-0.2, -0.15) is 0 Å². The van der Waals surface area contributed by atoms with Crippen molar-refractivity contribution in [2.45, 2.75) is 25.7 Å². The molecule has 0 saturated carbocycles. The third-order valence-corrected chi connectivity index (χ3v) is 3.28. The fourth-order valence-electron chi connectivity index (χ4n) is 2.06. The van der Waals surface area contributed by atoms with E-state index in [1.54, 1.807) is 19.0 Å². The lowest BCUT2D eigenvalue weighted by Gasteiger charge is -2.18. The molecule has 98 valence electrons. The van der Waals surface area contributed by atoms with E-state index >= 15 is 0 Å². The average molecular weight is 249 g/mol. The van der Waals surface area contributed by atoms with Gasteiger partial charge in [0.15, 0.2) is 11.5 Å². The number of carbonyl (C=O) groups excluding carboxylic acids is 1. The average Bonchev–Trinajstić information content (AvgIpc) is 2.82. The molecule has 1 aliphatic heterocycles. The first-order valence-corrected chi connectivity index (χ1v) is 6.21. The van der Waals surface area contributed by atoms with Gasteiger partial charge in [-0.25, -0.2) is 0 Å². The van der Waals surface area contributed by atoms with Crippen molar-refractivity contribution in [2.24, 2.45) is 0 Å². The summed E-state index contributed by atoms with van der Waals surface area (Å²) in [5.74, 6) is 1.95. The maximum atomic E-state index is 11.8. The fourth-order valence-corrected chi connectivity index (χ4v) is 2.06. The fraction of sp³-hybridized carbons (Fsp3) is 0.500. The number of nitrogens with zero attached hydrogens (tertiary/aromatic N) is 1. The zero-order valence-corrected chi connectivity index (χ0v) is 11.1. The van der Waals surface area contributed by atoms with Crippen molar-refractivity contribution < 1.29 is 14.3 Å². The van der Waals surface area contributed by atoms with Crippen LogP contribution in [-0.4, -0.2) is 31.7 Å². The van der Waals surface area contributed by atoms with Crippen LogP contribution in [0.5, 0.6) is 11.5 Å². The van der Waals surface area contributed by atoms with Crippen molar-refractivity contribution in [3.63, 3.8) is 0 Å². The van der Waals surface area contributed by atoms with Gasteiger partial charge in [0, 0.05) is 20.5 Å². The minimum atomic E-state index is 0.152. The summed E-state index contributed by atoms with van der Waals surface area (Å²) >= 11 is 0. The standard InChI is InChI=1S/C14H19NO3/c1-4-10(8-14(16)15(2)3)11-5-6-12-13(7-11)18-9-17-12/h5-7,10H,4,8-9H2,1-3H3. The summed E-state index contributed by atoms with van der Waals surface area (Å²) < 4.78 is 10.7. The number of hydrogen-bond donors (Lipinski definition) is 0. The van der Waals surface area contributed by atoms with Crippen molar-refractivity contribution in [1.29, 1.82) is 0 Å². The van der Waals surface area contributed by atoms with Crippen LogP contribution in [0.15, 0.2) is 18.2 Å². The molecule has 0 fully saturated rings. The predicted molar refractivity (Wildman–Crippen MR) is 68.9 cm³/mol. The number of benzene rings is 1. The summed E-state index contributed by atoms with van der Waals surface area (Å²) in [5, 5.41) is 0. The first kappa shape index (κ1) is 12.7. The Bertz CT molecular complexity index is 443. The zero-order chi connectivity index (χ0) is 13.1. The molecule has 1 atom stereocenters. The van der Waals surface area contributed by atoms with Crippen molar-refractivity contribution in [3.05, 3.63) is 23.8 Å². The quantitative estimate of drug-likeness (QED) is 0.822. The maximum Gasteiger partial charge on any atom is 0.231 e. The van der Waals surface area contributed by atoms with Crippen LogP contribution in [0.25, 0.3) is 0 Å². The third kappa shape index (κ3) is 2.58. The van der Waals surface area contributed by atoms with Gasteiger partial charge in [0.05, 0.1) is 0 Å². The third-order valence-electron chi connectivity index (χ3n) is 3.28. The molecule has 4 heteroatoms. The Balaban J connectivity index is 2.15. The Kier molecular flexibility index (Phi) is 3.75. The minimum absolute atomic E-state index is 0.152. The molecule has 1 aromatic carbocycles.